The molecule has 1 saturated heterocycles. The van der Waals surface area contributed by atoms with Crippen LogP contribution in [0.2, 0.25) is 0 Å². The van der Waals surface area contributed by atoms with Crippen LogP contribution in [0.3, 0.4) is 0 Å². The molecule has 0 atom stereocenters. The van der Waals surface area contributed by atoms with Gasteiger partial charge < -0.3 is 28.6 Å². The van der Waals surface area contributed by atoms with Crippen LogP contribution in [0, 0.1) is 0 Å². The maximum atomic E-state index is 13.4. The molecular weight excluding hydrogens is 472 g/mol. The van der Waals surface area contributed by atoms with Crippen molar-refractivity contribution in [3.8, 4) is 28.7 Å². The van der Waals surface area contributed by atoms with Crippen LogP contribution in [0.1, 0.15) is 29.5 Å². The quantitative estimate of drug-likeness (QED) is 0.508. The van der Waals surface area contributed by atoms with Gasteiger partial charge in [-0.05, 0) is 72.7 Å². The molecule has 8 nitrogen and oxygen atoms in total. The topological polar surface area (TPSA) is 69.7 Å². The Labute approximate surface area is 219 Å². The summed E-state index contributed by atoms with van der Waals surface area (Å²) in [5.74, 6) is 3.50. The third-order valence-electron chi connectivity index (χ3n) is 7.24. The molecule has 0 N–H and O–H groups in total. The monoisotopic (exact) mass is 510 g/mol. The average Bonchev–Trinajstić information content (AvgIpc) is 3.16. The zero-order chi connectivity index (χ0) is 26.4. The molecule has 0 bridgehead atoms. The fourth-order valence-corrected chi connectivity index (χ4v) is 5.13. The van der Waals surface area contributed by atoms with Crippen molar-refractivity contribution in [2.24, 2.45) is 0 Å². The second-order valence-corrected chi connectivity index (χ2v) is 9.35. The number of nitrogens with zero attached hydrogens (tertiary/aromatic N) is 2. The number of amides is 1. The molecule has 8 heteroatoms. The van der Waals surface area contributed by atoms with Crippen molar-refractivity contribution in [3.05, 3.63) is 46.5 Å². The van der Waals surface area contributed by atoms with Crippen molar-refractivity contribution in [2.45, 2.75) is 25.7 Å². The fraction of sp³-hybridized carbons (Fsp3) is 0.483. The minimum atomic E-state index is 0.145. The Kier molecular flexibility index (Phi) is 8.82. The highest BCUT2D eigenvalue weighted by molar-refractivity contribution is 5.98. The number of rotatable bonds is 9. The van der Waals surface area contributed by atoms with Crippen LogP contribution >= 0.6 is 0 Å². The van der Waals surface area contributed by atoms with Crippen LogP contribution in [0.25, 0.3) is 6.08 Å². The molecule has 0 unspecified atom stereocenters. The Morgan fingerprint density at radius 1 is 0.757 bits per heavy atom. The van der Waals surface area contributed by atoms with Crippen LogP contribution in [-0.4, -0.2) is 84.0 Å². The van der Waals surface area contributed by atoms with Crippen LogP contribution in [0.15, 0.2) is 29.8 Å². The van der Waals surface area contributed by atoms with Gasteiger partial charge >= 0.3 is 0 Å². The van der Waals surface area contributed by atoms with Gasteiger partial charge in [0.2, 0.25) is 11.7 Å². The zero-order valence-electron chi connectivity index (χ0n) is 22.6. The van der Waals surface area contributed by atoms with Gasteiger partial charge in [0, 0.05) is 38.3 Å². The molecule has 2 aliphatic rings. The predicted molar refractivity (Wildman–Crippen MR) is 143 cm³/mol. The Bertz CT molecular complexity index is 1110. The molecule has 0 saturated carbocycles. The summed E-state index contributed by atoms with van der Waals surface area (Å²) < 4.78 is 27.3. The summed E-state index contributed by atoms with van der Waals surface area (Å²) in [5, 5.41) is 0. The van der Waals surface area contributed by atoms with E-state index in [4.69, 9.17) is 23.7 Å². The Hall–Kier alpha value is -3.39. The summed E-state index contributed by atoms with van der Waals surface area (Å²) in [6.07, 6.45) is 5.54. The number of aryl methyl sites for hydroxylation is 1. The molecule has 1 fully saturated rings. The van der Waals surface area contributed by atoms with E-state index in [2.05, 4.69) is 4.90 Å². The standard InChI is InChI=1S/C29H38N2O6/c1-33-24-18-21-7-6-8-22(17-23(21)19-25(24)34-2)29(32)31-13-11-30(12-14-31)10-9-20-15-26(35-3)28(37-5)27(16-20)36-4/h15-19H,6-14H2,1-5H3. The minimum absolute atomic E-state index is 0.145. The molecule has 0 spiro atoms. The highest BCUT2D eigenvalue weighted by Gasteiger charge is 2.25. The first kappa shape index (κ1) is 26.7. The van der Waals surface area contributed by atoms with Crippen LogP contribution < -0.4 is 23.7 Å². The lowest BCUT2D eigenvalue weighted by atomic mass is 10.0. The van der Waals surface area contributed by atoms with Crippen molar-refractivity contribution >= 4 is 12.0 Å². The molecule has 37 heavy (non-hydrogen) atoms. The van der Waals surface area contributed by atoms with Crippen molar-refractivity contribution in [3.63, 3.8) is 0 Å². The van der Waals surface area contributed by atoms with Crippen LogP contribution in [0.4, 0.5) is 0 Å². The van der Waals surface area contributed by atoms with Gasteiger partial charge in [0.25, 0.3) is 0 Å². The largest absolute Gasteiger partial charge is 0.493 e. The van der Waals surface area contributed by atoms with E-state index in [0.717, 1.165) is 80.9 Å². The SMILES string of the molecule is COc1cc2c(cc1OC)CCCC(C(=O)N1CCN(CCc3cc(OC)c(OC)c(OC)c3)CC1)=C2. The molecule has 4 rings (SSSR count). The predicted octanol–water partition coefficient (Wildman–Crippen LogP) is 3.84. The summed E-state index contributed by atoms with van der Waals surface area (Å²) in [4.78, 5) is 17.8. The Morgan fingerprint density at radius 3 is 1.97 bits per heavy atom. The maximum Gasteiger partial charge on any atom is 0.249 e. The zero-order valence-corrected chi connectivity index (χ0v) is 22.6. The van der Waals surface area contributed by atoms with E-state index < -0.39 is 0 Å². The Morgan fingerprint density at radius 2 is 1.38 bits per heavy atom. The molecule has 0 radical (unpaired) electrons. The van der Waals surface area contributed by atoms with E-state index >= 15 is 0 Å². The van der Waals surface area contributed by atoms with E-state index in [0.29, 0.717) is 23.0 Å². The first-order chi connectivity index (χ1) is 18.0. The number of hydrogen-bond donors (Lipinski definition) is 0. The molecule has 1 heterocycles. The van der Waals surface area contributed by atoms with E-state index in [1.54, 1.807) is 35.5 Å². The molecule has 0 aromatic heterocycles. The summed E-state index contributed by atoms with van der Waals surface area (Å²) in [6, 6.07) is 8.02. The maximum absolute atomic E-state index is 13.4. The number of methoxy groups -OCH3 is 5. The van der Waals surface area contributed by atoms with Crippen LogP contribution in [-0.2, 0) is 17.6 Å². The second kappa shape index (κ2) is 12.2. The number of piperazine rings is 1. The third-order valence-corrected chi connectivity index (χ3v) is 7.24. The van der Waals surface area contributed by atoms with Gasteiger partial charge in [-0.3, -0.25) is 9.69 Å². The number of ether oxygens (including phenoxy) is 5. The lowest BCUT2D eigenvalue weighted by Crippen LogP contribution is -2.49. The van der Waals surface area contributed by atoms with Crippen molar-refractivity contribution in [2.75, 3.05) is 68.3 Å². The third kappa shape index (κ3) is 5.96. The van der Waals surface area contributed by atoms with Crippen molar-refractivity contribution < 1.29 is 28.5 Å². The van der Waals surface area contributed by atoms with Gasteiger partial charge in [-0.2, -0.15) is 0 Å². The van der Waals surface area contributed by atoms with Gasteiger partial charge in [0.05, 0.1) is 35.5 Å². The highest BCUT2D eigenvalue weighted by atomic mass is 16.5. The number of fused-ring (bicyclic) bond motifs is 1. The fourth-order valence-electron chi connectivity index (χ4n) is 5.13. The van der Waals surface area contributed by atoms with E-state index in [-0.39, 0.29) is 5.91 Å². The molecule has 2 aromatic carbocycles. The van der Waals surface area contributed by atoms with Crippen LogP contribution in [0.5, 0.6) is 28.7 Å². The summed E-state index contributed by atoms with van der Waals surface area (Å²) in [7, 11) is 8.16. The van der Waals surface area contributed by atoms with Gasteiger partial charge in [0.1, 0.15) is 0 Å². The van der Waals surface area contributed by atoms with Gasteiger partial charge in [0.15, 0.2) is 23.0 Å². The normalized spacial score (nSPS) is 15.8. The summed E-state index contributed by atoms with van der Waals surface area (Å²) >= 11 is 0. The second-order valence-electron chi connectivity index (χ2n) is 9.35. The molecular formula is C29H38N2O6. The Balaban J connectivity index is 1.37. The van der Waals surface area contributed by atoms with E-state index in [9.17, 15) is 4.79 Å². The molecule has 1 aliphatic heterocycles. The van der Waals surface area contributed by atoms with Gasteiger partial charge in [-0.1, -0.05) is 0 Å². The molecule has 1 aliphatic carbocycles. The van der Waals surface area contributed by atoms with Gasteiger partial charge in [-0.15, -0.1) is 0 Å². The van der Waals surface area contributed by atoms with Gasteiger partial charge in [-0.25, -0.2) is 0 Å². The number of benzene rings is 2. The summed E-state index contributed by atoms with van der Waals surface area (Å²) in [6.45, 7) is 4.06. The molecule has 1 amide bonds. The highest BCUT2D eigenvalue weighted by Crippen LogP contribution is 2.38. The number of hydrogen-bond acceptors (Lipinski definition) is 7. The van der Waals surface area contributed by atoms with E-state index in [1.165, 1.54) is 5.56 Å². The lowest BCUT2D eigenvalue weighted by Gasteiger charge is -2.35. The first-order valence-corrected chi connectivity index (χ1v) is 12.8. The smallest absolute Gasteiger partial charge is 0.249 e. The summed E-state index contributed by atoms with van der Waals surface area (Å²) in [5.41, 5.74) is 4.23. The average molecular weight is 511 g/mol. The van der Waals surface area contributed by atoms with Crippen molar-refractivity contribution in [1.29, 1.82) is 0 Å². The first-order valence-electron chi connectivity index (χ1n) is 12.8. The van der Waals surface area contributed by atoms with Crippen molar-refractivity contribution in [1.82, 2.24) is 9.80 Å². The minimum Gasteiger partial charge on any atom is -0.493 e. The lowest BCUT2D eigenvalue weighted by molar-refractivity contribution is -0.128. The molecule has 2 aromatic rings. The number of carbonyl (C=O) groups is 1. The van der Waals surface area contributed by atoms with E-state index in [1.807, 2.05) is 35.2 Å². The number of carbonyl (C=O) groups excluding carboxylic acids is 1. The molecule has 200 valence electrons.